The van der Waals surface area contributed by atoms with Crippen molar-refractivity contribution < 1.29 is 4.79 Å². The van der Waals surface area contributed by atoms with Crippen LogP contribution in [0.2, 0.25) is 0 Å². The Bertz CT molecular complexity index is 579. The number of hydrogen-bond donors (Lipinski definition) is 0. The number of amides is 1. The summed E-state index contributed by atoms with van der Waals surface area (Å²) in [6.07, 6.45) is 6.26. The van der Waals surface area contributed by atoms with Crippen molar-refractivity contribution in [1.29, 1.82) is 0 Å². The fourth-order valence-electron chi connectivity index (χ4n) is 2.43. The van der Waals surface area contributed by atoms with E-state index in [0.29, 0.717) is 11.5 Å². The van der Waals surface area contributed by atoms with E-state index in [0.717, 1.165) is 19.4 Å². The van der Waals surface area contributed by atoms with Crippen LogP contribution in [0.1, 0.15) is 36.7 Å². The lowest BCUT2D eigenvalue weighted by molar-refractivity contribution is 0.0628. The summed E-state index contributed by atoms with van der Waals surface area (Å²) in [7, 11) is 0. The van der Waals surface area contributed by atoms with Crippen LogP contribution >= 0.6 is 0 Å². The molecule has 2 aromatic heterocycles. The minimum atomic E-state index is -0.0464. The topological polar surface area (TPSA) is 76.8 Å². The van der Waals surface area contributed by atoms with Gasteiger partial charge in [-0.1, -0.05) is 0 Å². The van der Waals surface area contributed by atoms with E-state index in [1.807, 2.05) is 4.90 Å². The zero-order valence-corrected chi connectivity index (χ0v) is 11.3. The fourth-order valence-corrected chi connectivity index (χ4v) is 2.43. The molecule has 1 unspecified atom stereocenters. The number of rotatable bonds is 2. The summed E-state index contributed by atoms with van der Waals surface area (Å²) in [5, 5.41) is 12.0. The Morgan fingerprint density at radius 2 is 2.20 bits per heavy atom. The second-order valence-corrected chi connectivity index (χ2v) is 4.96. The van der Waals surface area contributed by atoms with Crippen molar-refractivity contribution in [2.45, 2.75) is 32.2 Å². The lowest BCUT2D eigenvalue weighted by atomic mass is 10.0. The Morgan fingerprint density at radius 3 is 2.85 bits per heavy atom. The van der Waals surface area contributed by atoms with Crippen molar-refractivity contribution in [3.63, 3.8) is 0 Å². The maximum Gasteiger partial charge on any atom is 0.274 e. The highest BCUT2D eigenvalue weighted by molar-refractivity contribution is 5.92. The van der Waals surface area contributed by atoms with Crippen molar-refractivity contribution in [2.24, 2.45) is 0 Å². The van der Waals surface area contributed by atoms with E-state index >= 15 is 0 Å². The molecule has 0 aliphatic carbocycles. The Morgan fingerprint density at radius 1 is 1.30 bits per heavy atom. The van der Waals surface area contributed by atoms with Gasteiger partial charge in [0.2, 0.25) is 0 Å². The van der Waals surface area contributed by atoms with Gasteiger partial charge in [-0.25, -0.2) is 9.67 Å². The quantitative estimate of drug-likeness (QED) is 0.817. The van der Waals surface area contributed by atoms with Crippen molar-refractivity contribution in [3.8, 4) is 5.82 Å². The number of hydrogen-bond acceptors (Lipinski definition) is 5. The van der Waals surface area contributed by atoms with Crippen LogP contribution in [0.25, 0.3) is 5.82 Å². The van der Waals surface area contributed by atoms with E-state index in [-0.39, 0.29) is 11.9 Å². The molecule has 0 saturated carbocycles. The minimum absolute atomic E-state index is 0.0464. The molecule has 7 nitrogen and oxygen atoms in total. The number of carbonyl (C=O) groups excluding carboxylic acids is 1. The lowest BCUT2D eigenvalue weighted by Crippen LogP contribution is -2.42. The average Bonchev–Trinajstić information content (AvgIpc) is 3.01. The number of nitrogens with zero attached hydrogens (tertiary/aromatic N) is 6. The van der Waals surface area contributed by atoms with Crippen molar-refractivity contribution in [2.75, 3.05) is 6.54 Å². The van der Waals surface area contributed by atoms with Crippen LogP contribution in [0.15, 0.2) is 24.8 Å². The van der Waals surface area contributed by atoms with Gasteiger partial charge in [-0.3, -0.25) is 4.79 Å². The monoisotopic (exact) mass is 272 g/mol. The molecule has 0 radical (unpaired) electrons. The van der Waals surface area contributed by atoms with Gasteiger partial charge in [0, 0.05) is 12.6 Å². The lowest BCUT2D eigenvalue weighted by Gasteiger charge is -2.33. The number of aromatic nitrogens is 5. The molecule has 3 rings (SSSR count). The molecule has 3 heterocycles. The molecule has 0 bridgehead atoms. The summed E-state index contributed by atoms with van der Waals surface area (Å²) < 4.78 is 1.50. The second kappa shape index (κ2) is 5.36. The first kappa shape index (κ1) is 12.7. The van der Waals surface area contributed by atoms with Crippen molar-refractivity contribution in [3.05, 3.63) is 30.5 Å². The predicted molar refractivity (Wildman–Crippen MR) is 71.3 cm³/mol. The molecule has 1 saturated heterocycles. The zero-order chi connectivity index (χ0) is 13.9. The molecule has 1 aliphatic rings. The van der Waals surface area contributed by atoms with Crippen LogP contribution in [0.5, 0.6) is 0 Å². The van der Waals surface area contributed by atoms with Crippen LogP contribution in [0, 0.1) is 0 Å². The highest BCUT2D eigenvalue weighted by atomic mass is 16.2. The van der Waals surface area contributed by atoms with Gasteiger partial charge in [0.05, 0.1) is 0 Å². The van der Waals surface area contributed by atoms with Crippen molar-refractivity contribution >= 4 is 5.91 Å². The smallest absolute Gasteiger partial charge is 0.274 e. The van der Waals surface area contributed by atoms with Gasteiger partial charge in [0.15, 0.2) is 11.5 Å². The second-order valence-electron chi connectivity index (χ2n) is 4.96. The predicted octanol–water partition coefficient (Wildman–Crippen LogP) is 1.07. The van der Waals surface area contributed by atoms with E-state index in [2.05, 4.69) is 27.2 Å². The molecule has 1 atom stereocenters. The SMILES string of the molecule is CC1CCCCN1C(=O)c1ccc(-n2cncn2)nn1. The molecule has 1 fully saturated rings. The van der Waals surface area contributed by atoms with E-state index < -0.39 is 0 Å². The number of carbonyl (C=O) groups is 1. The Kier molecular flexibility index (Phi) is 3.41. The van der Waals surface area contributed by atoms with Gasteiger partial charge in [0.1, 0.15) is 12.7 Å². The maximum atomic E-state index is 12.4. The first-order valence-electron chi connectivity index (χ1n) is 6.75. The highest BCUT2D eigenvalue weighted by Gasteiger charge is 2.25. The summed E-state index contributed by atoms with van der Waals surface area (Å²) in [6.45, 7) is 2.88. The van der Waals surface area contributed by atoms with Crippen molar-refractivity contribution in [1.82, 2.24) is 29.9 Å². The molecule has 7 heteroatoms. The zero-order valence-electron chi connectivity index (χ0n) is 11.3. The van der Waals surface area contributed by atoms with Gasteiger partial charge in [-0.2, -0.15) is 5.10 Å². The van der Waals surface area contributed by atoms with Gasteiger partial charge in [0.25, 0.3) is 5.91 Å². The first-order valence-corrected chi connectivity index (χ1v) is 6.75. The highest BCUT2D eigenvalue weighted by Crippen LogP contribution is 2.18. The first-order chi connectivity index (χ1) is 9.75. The molecule has 1 amide bonds. The van der Waals surface area contributed by atoms with E-state index in [4.69, 9.17) is 0 Å². The molecule has 20 heavy (non-hydrogen) atoms. The third kappa shape index (κ3) is 2.38. The largest absolute Gasteiger partial charge is 0.335 e. The van der Waals surface area contributed by atoms with Gasteiger partial charge >= 0.3 is 0 Å². The van der Waals surface area contributed by atoms with Crippen LogP contribution in [0.3, 0.4) is 0 Å². The summed E-state index contributed by atoms with van der Waals surface area (Å²) in [4.78, 5) is 18.1. The summed E-state index contributed by atoms with van der Waals surface area (Å²) >= 11 is 0. The Labute approximate surface area is 116 Å². The van der Waals surface area contributed by atoms with E-state index in [1.165, 1.54) is 23.8 Å². The molecule has 1 aliphatic heterocycles. The van der Waals surface area contributed by atoms with E-state index in [1.54, 1.807) is 12.1 Å². The molecule has 2 aromatic rings. The fraction of sp³-hybridized carbons (Fsp3) is 0.462. The molecule has 104 valence electrons. The summed E-state index contributed by atoms with van der Waals surface area (Å²) in [6, 6.07) is 3.69. The standard InChI is InChI=1S/C13H16N6O/c1-10-4-2-3-7-18(10)13(20)11-5-6-12(17-16-11)19-9-14-8-15-19/h5-6,8-10H,2-4,7H2,1H3. The van der Waals surface area contributed by atoms with Gasteiger partial charge in [-0.15, -0.1) is 10.2 Å². The molecule has 0 aromatic carbocycles. The third-order valence-corrected chi connectivity index (χ3v) is 3.59. The molecule has 0 spiro atoms. The van der Waals surface area contributed by atoms with Crippen LogP contribution < -0.4 is 0 Å². The van der Waals surface area contributed by atoms with Crippen LogP contribution in [0.4, 0.5) is 0 Å². The summed E-state index contributed by atoms with van der Waals surface area (Å²) in [5.41, 5.74) is 0.377. The average molecular weight is 272 g/mol. The summed E-state index contributed by atoms with van der Waals surface area (Å²) in [5.74, 6) is 0.501. The number of likely N-dealkylation sites (tertiary alicyclic amines) is 1. The normalized spacial score (nSPS) is 19.1. The van der Waals surface area contributed by atoms with Crippen LogP contribution in [-0.4, -0.2) is 48.4 Å². The van der Waals surface area contributed by atoms with Gasteiger partial charge in [-0.05, 0) is 38.3 Å². The molecule has 0 N–H and O–H groups in total. The minimum Gasteiger partial charge on any atom is -0.335 e. The Hall–Kier alpha value is -2.31. The third-order valence-electron chi connectivity index (χ3n) is 3.59. The molecular weight excluding hydrogens is 256 g/mol. The Balaban J connectivity index is 1.78. The van der Waals surface area contributed by atoms with E-state index in [9.17, 15) is 4.79 Å². The van der Waals surface area contributed by atoms with Gasteiger partial charge < -0.3 is 4.90 Å². The molecular formula is C13H16N6O. The maximum absolute atomic E-state index is 12.4. The number of piperidine rings is 1. The van der Waals surface area contributed by atoms with Crippen LogP contribution in [-0.2, 0) is 0 Å².